The van der Waals surface area contributed by atoms with Gasteiger partial charge in [0.2, 0.25) is 5.78 Å². The van der Waals surface area contributed by atoms with E-state index in [0.717, 1.165) is 41.1 Å². The van der Waals surface area contributed by atoms with Gasteiger partial charge in [0.05, 0.1) is 5.69 Å². The molecule has 24 heavy (non-hydrogen) atoms. The van der Waals surface area contributed by atoms with Gasteiger partial charge in [0.15, 0.2) is 0 Å². The number of benzene rings is 1. The highest BCUT2D eigenvalue weighted by molar-refractivity contribution is 6.31. The summed E-state index contributed by atoms with van der Waals surface area (Å²) < 4.78 is 1.41. The Morgan fingerprint density at radius 2 is 2.00 bits per heavy atom. The van der Waals surface area contributed by atoms with Gasteiger partial charge in [-0.05, 0) is 68.2 Å². The fourth-order valence-corrected chi connectivity index (χ4v) is 3.70. The third-order valence-electron chi connectivity index (χ3n) is 5.26. The molecule has 0 aliphatic heterocycles. The van der Waals surface area contributed by atoms with Crippen molar-refractivity contribution in [3.63, 3.8) is 0 Å². The first-order chi connectivity index (χ1) is 11.5. The summed E-state index contributed by atoms with van der Waals surface area (Å²) in [5.74, 6) is 0.829. The number of halogens is 1. The molecule has 2 fully saturated rings. The lowest BCUT2D eigenvalue weighted by atomic mass is 9.93. The number of nitrogens with one attached hydrogen (secondary N) is 1. The highest BCUT2D eigenvalue weighted by Crippen LogP contribution is 2.41. The highest BCUT2D eigenvalue weighted by Gasteiger charge is 2.34. The topological polar surface area (TPSA) is 54.9 Å². The molecule has 0 unspecified atom stereocenters. The molecule has 1 heterocycles. The van der Waals surface area contributed by atoms with E-state index < -0.39 is 0 Å². The molecule has 1 aromatic carbocycles. The smallest absolute Gasteiger partial charge is 0.277 e. The second kappa shape index (κ2) is 5.62. The summed E-state index contributed by atoms with van der Waals surface area (Å²) in [6.45, 7) is 1.95. The fourth-order valence-electron chi connectivity index (χ4n) is 3.42. The zero-order chi connectivity index (χ0) is 17.0. The van der Waals surface area contributed by atoms with E-state index in [0.29, 0.717) is 23.0 Å². The third-order valence-corrected chi connectivity index (χ3v) is 5.62. The summed E-state index contributed by atoms with van der Waals surface area (Å²) in [4.78, 5) is 25.6. The van der Waals surface area contributed by atoms with Gasteiger partial charge in [-0.1, -0.05) is 11.6 Å². The molecule has 4 rings (SSSR count). The van der Waals surface area contributed by atoms with Crippen LogP contribution in [0.2, 0.25) is 5.02 Å². The number of carbonyl (C=O) groups excluding carboxylic acids is 1. The fraction of sp³-hybridized carbons (Fsp3) is 0.474. The largest absolute Gasteiger partial charge is 0.299 e. The average molecular weight is 345 g/mol. The van der Waals surface area contributed by atoms with Crippen molar-refractivity contribution in [2.24, 2.45) is 13.0 Å². The van der Waals surface area contributed by atoms with Crippen LogP contribution in [0.5, 0.6) is 0 Å². The van der Waals surface area contributed by atoms with Crippen LogP contribution in [0.3, 0.4) is 0 Å². The minimum atomic E-state index is -0.236. The van der Waals surface area contributed by atoms with E-state index in [1.54, 1.807) is 19.2 Å². The Bertz CT molecular complexity index is 886. The molecule has 0 amide bonds. The zero-order valence-corrected chi connectivity index (χ0v) is 14.7. The van der Waals surface area contributed by atoms with Crippen molar-refractivity contribution < 1.29 is 4.79 Å². The molecule has 0 spiro atoms. The van der Waals surface area contributed by atoms with Gasteiger partial charge in [-0.25, -0.2) is 0 Å². The minimum absolute atomic E-state index is 0.176. The lowest BCUT2D eigenvalue weighted by Gasteiger charge is -2.12. The summed E-state index contributed by atoms with van der Waals surface area (Å²) in [7, 11) is 1.66. The number of nitrogens with zero attached hydrogens (tertiary/aromatic N) is 1. The molecule has 0 bridgehead atoms. The van der Waals surface area contributed by atoms with Crippen LogP contribution in [0.25, 0.3) is 0 Å². The standard InChI is InChI=1S/C19H21ClN2O2/c1-10-13(7-8-15(20)14(10)9-11-3-4-11)18(23)16-17(12-5-6-12)21-22(2)19(16)24/h7-8,11-12,21H,3-6,9H2,1-2H3. The van der Waals surface area contributed by atoms with Gasteiger partial charge in [0.25, 0.3) is 5.56 Å². The van der Waals surface area contributed by atoms with E-state index >= 15 is 0 Å². The first-order valence-electron chi connectivity index (χ1n) is 8.59. The molecule has 4 nitrogen and oxygen atoms in total. The molecule has 1 N–H and O–H groups in total. The molecule has 5 heteroatoms. The summed E-state index contributed by atoms with van der Waals surface area (Å²) >= 11 is 6.37. The Morgan fingerprint density at radius 1 is 1.29 bits per heavy atom. The number of carbonyl (C=O) groups is 1. The molecule has 0 saturated heterocycles. The number of hydrogen-bond acceptors (Lipinski definition) is 2. The second-order valence-electron chi connectivity index (χ2n) is 7.21. The van der Waals surface area contributed by atoms with Crippen molar-refractivity contribution in [3.8, 4) is 0 Å². The molecule has 1 aromatic heterocycles. The van der Waals surface area contributed by atoms with Gasteiger partial charge in [-0.15, -0.1) is 0 Å². The van der Waals surface area contributed by atoms with E-state index in [1.807, 2.05) is 6.92 Å². The maximum absolute atomic E-state index is 13.1. The van der Waals surface area contributed by atoms with Crippen LogP contribution in [0.15, 0.2) is 16.9 Å². The molecule has 2 aromatic rings. The van der Waals surface area contributed by atoms with Gasteiger partial charge in [0, 0.05) is 23.6 Å². The Balaban J connectivity index is 1.79. The zero-order valence-electron chi connectivity index (χ0n) is 14.0. The van der Waals surface area contributed by atoms with E-state index in [-0.39, 0.29) is 11.3 Å². The Morgan fingerprint density at radius 3 is 2.62 bits per heavy atom. The lowest BCUT2D eigenvalue weighted by Crippen LogP contribution is -2.20. The average Bonchev–Trinajstić information content (AvgIpc) is 3.45. The SMILES string of the molecule is Cc1c(C(=O)c2c(C3CC3)[nH]n(C)c2=O)ccc(Cl)c1CC1CC1. The van der Waals surface area contributed by atoms with Crippen molar-refractivity contribution in [2.45, 2.75) is 44.9 Å². The molecule has 126 valence electrons. The van der Waals surface area contributed by atoms with Crippen molar-refractivity contribution in [1.29, 1.82) is 0 Å². The predicted molar refractivity (Wildman–Crippen MR) is 94.1 cm³/mol. The minimum Gasteiger partial charge on any atom is -0.299 e. The second-order valence-corrected chi connectivity index (χ2v) is 7.62. The van der Waals surface area contributed by atoms with Gasteiger partial charge in [-0.2, -0.15) is 0 Å². The normalized spacial score (nSPS) is 17.3. The van der Waals surface area contributed by atoms with Crippen molar-refractivity contribution in [3.05, 3.63) is 55.5 Å². The van der Waals surface area contributed by atoms with Crippen LogP contribution >= 0.6 is 11.6 Å². The maximum atomic E-state index is 13.1. The molecule has 0 atom stereocenters. The number of aromatic amines is 1. The number of aryl methyl sites for hydroxylation is 1. The summed E-state index contributed by atoms with van der Waals surface area (Å²) in [6.07, 6.45) is 5.46. The quantitative estimate of drug-likeness (QED) is 0.840. The third kappa shape index (κ3) is 2.63. The van der Waals surface area contributed by atoms with Crippen LogP contribution in [0.1, 0.15) is 64.3 Å². The van der Waals surface area contributed by atoms with Crippen LogP contribution in [-0.2, 0) is 13.5 Å². The van der Waals surface area contributed by atoms with Crippen molar-refractivity contribution >= 4 is 17.4 Å². The van der Waals surface area contributed by atoms with Gasteiger partial charge in [0.1, 0.15) is 5.56 Å². The Kier molecular flexibility index (Phi) is 3.68. The van der Waals surface area contributed by atoms with Crippen molar-refractivity contribution in [1.82, 2.24) is 9.78 Å². The van der Waals surface area contributed by atoms with E-state index in [4.69, 9.17) is 11.6 Å². The van der Waals surface area contributed by atoms with E-state index in [1.165, 1.54) is 17.5 Å². The summed E-state index contributed by atoms with van der Waals surface area (Å²) in [6, 6.07) is 3.56. The maximum Gasteiger partial charge on any atom is 0.277 e. The highest BCUT2D eigenvalue weighted by atomic mass is 35.5. The van der Waals surface area contributed by atoms with E-state index in [2.05, 4.69) is 5.10 Å². The first-order valence-corrected chi connectivity index (χ1v) is 8.96. The van der Waals surface area contributed by atoms with Crippen LogP contribution in [0.4, 0.5) is 0 Å². The number of H-pyrrole nitrogens is 1. The van der Waals surface area contributed by atoms with Gasteiger partial charge < -0.3 is 0 Å². The summed E-state index contributed by atoms with van der Waals surface area (Å²) in [5.41, 5.74) is 3.46. The molecule has 0 radical (unpaired) electrons. The van der Waals surface area contributed by atoms with Gasteiger partial charge in [-0.3, -0.25) is 19.4 Å². The van der Waals surface area contributed by atoms with Crippen LogP contribution in [0, 0.1) is 12.8 Å². The molecule has 2 saturated carbocycles. The predicted octanol–water partition coefficient (Wildman–Crippen LogP) is 3.74. The monoisotopic (exact) mass is 344 g/mol. The Hall–Kier alpha value is -1.81. The van der Waals surface area contributed by atoms with Gasteiger partial charge >= 0.3 is 0 Å². The van der Waals surface area contributed by atoms with Crippen LogP contribution in [-0.4, -0.2) is 15.6 Å². The van der Waals surface area contributed by atoms with E-state index in [9.17, 15) is 9.59 Å². The molecular weight excluding hydrogens is 324 g/mol. The van der Waals surface area contributed by atoms with Crippen molar-refractivity contribution in [2.75, 3.05) is 0 Å². The number of rotatable bonds is 5. The first kappa shape index (κ1) is 15.7. The molecule has 2 aliphatic carbocycles. The Labute approximate surface area is 145 Å². The molecule has 2 aliphatic rings. The molecular formula is C19H21ClN2O2. The number of hydrogen-bond donors (Lipinski definition) is 1. The van der Waals surface area contributed by atoms with Crippen LogP contribution < -0.4 is 5.56 Å². The number of aromatic nitrogens is 2. The lowest BCUT2D eigenvalue weighted by molar-refractivity contribution is 0.103. The summed E-state index contributed by atoms with van der Waals surface area (Å²) in [5, 5.41) is 3.79. The number of ketones is 1.